The molecule has 5 heteroatoms. The summed E-state index contributed by atoms with van der Waals surface area (Å²) in [5, 5.41) is 12.0. The average molecular weight is 408 g/mol. The second-order valence-electron chi connectivity index (χ2n) is 7.33. The third-order valence-electron chi connectivity index (χ3n) is 4.70. The Morgan fingerprint density at radius 1 is 0.967 bits per heavy atom. The minimum absolute atomic E-state index is 0.543. The smallest absolute Gasteiger partial charge is 0.267 e. The summed E-state index contributed by atoms with van der Waals surface area (Å²) in [6, 6.07) is 17.0. The summed E-state index contributed by atoms with van der Waals surface area (Å²) >= 11 is 0. The van der Waals surface area contributed by atoms with E-state index in [4.69, 9.17) is 5.21 Å². The molecule has 5 nitrogen and oxygen atoms in total. The molecule has 160 valence electrons. The number of nitrogens with zero attached hydrogens (tertiary/aromatic N) is 1. The number of allylic oxidation sites excluding steroid dienone is 2. The van der Waals surface area contributed by atoms with Gasteiger partial charge in [-0.05, 0) is 55.2 Å². The number of rotatable bonds is 11. The highest BCUT2D eigenvalue weighted by Gasteiger charge is 2.04. The maximum Gasteiger partial charge on any atom is 0.267 e. The Morgan fingerprint density at radius 2 is 1.60 bits per heavy atom. The number of nitrogens with one attached hydrogen (secondary N) is 2. The topological polar surface area (TPSA) is 64.6 Å². The maximum atomic E-state index is 11.0. The average Bonchev–Trinajstić information content (AvgIpc) is 2.77. The van der Waals surface area contributed by atoms with Gasteiger partial charge in [-0.15, -0.1) is 0 Å². The number of hydroxylamine groups is 1. The van der Waals surface area contributed by atoms with Crippen LogP contribution >= 0.6 is 0 Å². The van der Waals surface area contributed by atoms with E-state index in [0.29, 0.717) is 0 Å². The van der Waals surface area contributed by atoms with Gasteiger partial charge in [0.1, 0.15) is 0 Å². The van der Waals surface area contributed by atoms with Gasteiger partial charge in [0, 0.05) is 37.1 Å². The molecule has 0 aliphatic heterocycles. The van der Waals surface area contributed by atoms with Gasteiger partial charge in [0.05, 0.1) is 0 Å². The van der Waals surface area contributed by atoms with Crippen molar-refractivity contribution in [1.82, 2.24) is 5.48 Å². The first-order chi connectivity index (χ1) is 14.5. The van der Waals surface area contributed by atoms with Crippen molar-refractivity contribution in [3.63, 3.8) is 0 Å². The molecule has 0 atom stereocenters. The van der Waals surface area contributed by atoms with Crippen LogP contribution in [0.3, 0.4) is 0 Å². The highest BCUT2D eigenvalue weighted by molar-refractivity contribution is 5.87. The van der Waals surface area contributed by atoms with Crippen LogP contribution in [0.25, 0.3) is 6.08 Å². The van der Waals surface area contributed by atoms with Crippen LogP contribution in [-0.4, -0.2) is 24.2 Å². The van der Waals surface area contributed by atoms with Crippen LogP contribution in [0.5, 0.6) is 0 Å². The highest BCUT2D eigenvalue weighted by atomic mass is 16.5. The van der Waals surface area contributed by atoms with E-state index in [1.807, 2.05) is 37.3 Å². The lowest BCUT2D eigenvalue weighted by atomic mass is 10.1. The van der Waals surface area contributed by atoms with Crippen LogP contribution in [-0.2, 0) is 11.3 Å². The summed E-state index contributed by atoms with van der Waals surface area (Å²) in [6.07, 6.45) is 7.23. The third-order valence-corrected chi connectivity index (χ3v) is 4.70. The van der Waals surface area contributed by atoms with Crippen LogP contribution in [0.15, 0.2) is 66.3 Å². The third kappa shape index (κ3) is 7.76. The number of amides is 1. The Bertz CT molecular complexity index is 834. The Balaban J connectivity index is 1.92. The van der Waals surface area contributed by atoms with Crippen LogP contribution < -0.4 is 15.7 Å². The molecule has 0 fully saturated rings. The first-order valence-electron chi connectivity index (χ1n) is 10.5. The number of anilines is 2. The zero-order chi connectivity index (χ0) is 21.8. The van der Waals surface area contributed by atoms with Gasteiger partial charge in [-0.1, -0.05) is 55.8 Å². The van der Waals surface area contributed by atoms with Gasteiger partial charge in [-0.25, -0.2) is 5.48 Å². The fraction of sp³-hybridized carbons (Fsp3) is 0.320. The molecule has 30 heavy (non-hydrogen) atoms. The summed E-state index contributed by atoms with van der Waals surface area (Å²) in [4.78, 5) is 13.5. The number of carbonyl (C=O) groups is 1. The minimum Gasteiger partial charge on any atom is -0.381 e. The molecular weight excluding hydrogens is 374 g/mol. The molecule has 0 aliphatic carbocycles. The van der Waals surface area contributed by atoms with Crippen molar-refractivity contribution in [2.45, 2.75) is 40.2 Å². The van der Waals surface area contributed by atoms with Gasteiger partial charge in [0.25, 0.3) is 5.91 Å². The van der Waals surface area contributed by atoms with Crippen molar-refractivity contribution in [2.24, 2.45) is 0 Å². The summed E-state index contributed by atoms with van der Waals surface area (Å²) in [6.45, 7) is 9.30. The van der Waals surface area contributed by atoms with Gasteiger partial charge < -0.3 is 10.2 Å². The van der Waals surface area contributed by atoms with E-state index < -0.39 is 5.91 Å². The van der Waals surface area contributed by atoms with Crippen LogP contribution in [0, 0.1) is 0 Å². The zero-order valence-electron chi connectivity index (χ0n) is 18.2. The zero-order valence-corrected chi connectivity index (χ0v) is 18.2. The molecule has 0 saturated carbocycles. The molecule has 2 aromatic carbocycles. The SMILES string of the molecule is CCCN(CCC)c1ccc(CNc2ccc(/C=C(C)/C=C/C(=O)NO)cc2)cc1. The molecule has 0 aliphatic rings. The summed E-state index contributed by atoms with van der Waals surface area (Å²) in [5.41, 5.74) is 7.13. The molecule has 0 radical (unpaired) electrons. The number of carbonyl (C=O) groups excluding carboxylic acids is 1. The Kier molecular flexibility index (Phi) is 9.68. The first kappa shape index (κ1) is 23.2. The van der Waals surface area contributed by atoms with Gasteiger partial charge in [-0.3, -0.25) is 10.0 Å². The van der Waals surface area contributed by atoms with Crippen LogP contribution in [0.4, 0.5) is 11.4 Å². The molecule has 2 rings (SSSR count). The summed E-state index contributed by atoms with van der Waals surface area (Å²) in [7, 11) is 0. The molecule has 0 aromatic heterocycles. The molecule has 0 saturated heterocycles. The molecular formula is C25H33N3O2. The van der Waals surface area contributed by atoms with Crippen molar-refractivity contribution in [1.29, 1.82) is 0 Å². The van der Waals surface area contributed by atoms with E-state index in [9.17, 15) is 4.79 Å². The quantitative estimate of drug-likeness (QED) is 0.202. The normalized spacial score (nSPS) is 11.5. The van der Waals surface area contributed by atoms with Crippen molar-refractivity contribution >= 4 is 23.4 Å². The van der Waals surface area contributed by atoms with E-state index in [1.165, 1.54) is 17.3 Å². The lowest BCUT2D eigenvalue weighted by molar-refractivity contribution is -0.124. The molecule has 3 N–H and O–H groups in total. The predicted molar refractivity (Wildman–Crippen MR) is 126 cm³/mol. The van der Waals surface area contributed by atoms with E-state index in [-0.39, 0.29) is 0 Å². The predicted octanol–water partition coefficient (Wildman–Crippen LogP) is 5.39. The fourth-order valence-electron chi connectivity index (χ4n) is 3.19. The van der Waals surface area contributed by atoms with Gasteiger partial charge >= 0.3 is 0 Å². The molecule has 1 amide bonds. The van der Waals surface area contributed by atoms with E-state index in [1.54, 1.807) is 11.6 Å². The van der Waals surface area contributed by atoms with E-state index in [2.05, 4.69) is 48.3 Å². The van der Waals surface area contributed by atoms with E-state index in [0.717, 1.165) is 49.3 Å². The van der Waals surface area contributed by atoms with Crippen LogP contribution in [0.1, 0.15) is 44.7 Å². The van der Waals surface area contributed by atoms with Gasteiger partial charge in [0.2, 0.25) is 0 Å². The molecule has 0 bridgehead atoms. The van der Waals surface area contributed by atoms with Crippen LogP contribution in [0.2, 0.25) is 0 Å². The molecule has 0 heterocycles. The fourth-order valence-corrected chi connectivity index (χ4v) is 3.19. The Hall–Kier alpha value is -3.05. The Morgan fingerprint density at radius 3 is 2.17 bits per heavy atom. The number of hydrogen-bond donors (Lipinski definition) is 3. The lowest BCUT2D eigenvalue weighted by Crippen LogP contribution is -2.24. The number of benzene rings is 2. The first-order valence-corrected chi connectivity index (χ1v) is 10.5. The number of hydrogen-bond acceptors (Lipinski definition) is 4. The maximum absolute atomic E-state index is 11.0. The summed E-state index contributed by atoms with van der Waals surface area (Å²) in [5.74, 6) is -0.543. The van der Waals surface area contributed by atoms with E-state index >= 15 is 0 Å². The monoisotopic (exact) mass is 407 g/mol. The lowest BCUT2D eigenvalue weighted by Gasteiger charge is -2.24. The standard InChI is InChI=1S/C25H33N3O2/c1-4-16-28(17-5-2)24-13-9-22(10-14-24)19-26-23-11-7-21(8-12-23)18-20(3)6-15-25(29)27-30/h6-15,18,26,30H,4-5,16-17,19H2,1-3H3,(H,27,29)/b15-6+,20-18+. The highest BCUT2D eigenvalue weighted by Crippen LogP contribution is 2.18. The molecule has 2 aromatic rings. The van der Waals surface area contributed by atoms with Gasteiger partial charge in [0.15, 0.2) is 0 Å². The second kappa shape index (κ2) is 12.5. The van der Waals surface area contributed by atoms with Crippen molar-refractivity contribution in [3.05, 3.63) is 77.4 Å². The van der Waals surface area contributed by atoms with Crippen molar-refractivity contribution in [3.8, 4) is 0 Å². The van der Waals surface area contributed by atoms with Gasteiger partial charge in [-0.2, -0.15) is 0 Å². The molecule has 0 spiro atoms. The Labute approximate surface area is 180 Å². The van der Waals surface area contributed by atoms with Crippen molar-refractivity contribution < 1.29 is 10.0 Å². The summed E-state index contributed by atoms with van der Waals surface area (Å²) < 4.78 is 0. The molecule has 0 unspecified atom stereocenters. The minimum atomic E-state index is -0.543. The second-order valence-corrected chi connectivity index (χ2v) is 7.33. The van der Waals surface area contributed by atoms with Crippen molar-refractivity contribution in [2.75, 3.05) is 23.3 Å². The largest absolute Gasteiger partial charge is 0.381 e.